The van der Waals surface area contributed by atoms with Crippen molar-refractivity contribution in [1.82, 2.24) is 19.4 Å². The molecule has 2 saturated heterocycles. The molecule has 0 amide bonds. The van der Waals surface area contributed by atoms with Gasteiger partial charge in [0.25, 0.3) is 5.56 Å². The molecule has 0 saturated carbocycles. The molecule has 2 fully saturated rings. The van der Waals surface area contributed by atoms with E-state index in [2.05, 4.69) is 46.5 Å². The Morgan fingerprint density at radius 2 is 1.71 bits per heavy atom. The number of ether oxygens (including phenoxy) is 1. The number of para-hydroxylation sites is 1. The number of hydrogen-bond acceptors (Lipinski definition) is 8. The van der Waals surface area contributed by atoms with E-state index in [9.17, 15) is 4.79 Å². The van der Waals surface area contributed by atoms with E-state index in [1.807, 2.05) is 54.4 Å². The van der Waals surface area contributed by atoms with Crippen LogP contribution in [0.5, 0.6) is 0 Å². The van der Waals surface area contributed by atoms with Crippen LogP contribution in [-0.4, -0.2) is 59.8 Å². The molecule has 0 radical (unpaired) electrons. The lowest BCUT2D eigenvalue weighted by Crippen LogP contribution is -2.29. The average molecular weight is 605 g/mol. The summed E-state index contributed by atoms with van der Waals surface area (Å²) in [5, 5.41) is 4.16. The second-order valence-electron chi connectivity index (χ2n) is 12.3. The Labute approximate surface area is 263 Å². The molecule has 0 bridgehead atoms. The summed E-state index contributed by atoms with van der Waals surface area (Å²) in [4.78, 5) is 28.2. The SMILES string of the molecule is CN1CCC(c2ccc(Nc3ncc4cc(N(C)c5ccccc5)c(=O)n(Cc5ccoc5C5CCOCC5)c4n3)cc2)CC1. The van der Waals surface area contributed by atoms with Crippen LogP contribution in [0.15, 0.2) is 88.4 Å². The second kappa shape index (κ2) is 12.9. The third-order valence-electron chi connectivity index (χ3n) is 9.37. The zero-order valence-electron chi connectivity index (χ0n) is 26.0. The second-order valence-corrected chi connectivity index (χ2v) is 12.3. The Hall–Kier alpha value is -4.47. The van der Waals surface area contributed by atoms with Crippen molar-refractivity contribution in [2.45, 2.75) is 44.1 Å². The van der Waals surface area contributed by atoms with Crippen LogP contribution in [0, 0.1) is 0 Å². The Balaban J connectivity index is 1.23. The molecule has 0 atom stereocenters. The number of nitrogens with zero attached hydrogens (tertiary/aromatic N) is 5. The van der Waals surface area contributed by atoms with E-state index in [0.717, 1.165) is 54.0 Å². The van der Waals surface area contributed by atoms with Gasteiger partial charge in [0.1, 0.15) is 17.1 Å². The largest absolute Gasteiger partial charge is 0.469 e. The summed E-state index contributed by atoms with van der Waals surface area (Å²) in [6, 6.07) is 22.4. The maximum atomic E-state index is 14.3. The molecule has 2 aliphatic heterocycles. The molecule has 5 aromatic rings. The van der Waals surface area contributed by atoms with Crippen molar-refractivity contribution >= 4 is 34.0 Å². The molecule has 9 heteroatoms. The number of piperidine rings is 1. The van der Waals surface area contributed by atoms with Crippen molar-refractivity contribution in [3.63, 3.8) is 0 Å². The van der Waals surface area contributed by atoms with Gasteiger partial charge in [0.15, 0.2) is 0 Å². The standard InChI is InChI=1S/C36H40N6O3/c1-40-17-12-26(13-18-40)25-8-10-30(11-9-25)38-36-37-23-29-22-32(41(2)31-6-4-3-5-7-31)35(43)42(34(29)39-36)24-28-16-21-45-33(28)27-14-19-44-20-15-27/h3-11,16,21-23,26-27H,12-15,17-20,24H2,1-2H3,(H,37,38,39). The zero-order chi connectivity index (χ0) is 30.8. The van der Waals surface area contributed by atoms with Crippen LogP contribution in [0.2, 0.25) is 0 Å². The van der Waals surface area contributed by atoms with Crippen molar-refractivity contribution in [3.8, 4) is 0 Å². The van der Waals surface area contributed by atoms with Gasteiger partial charge in [-0.3, -0.25) is 9.36 Å². The Kier molecular flexibility index (Phi) is 8.37. The molecule has 0 aliphatic carbocycles. The number of aromatic nitrogens is 3. The van der Waals surface area contributed by atoms with Crippen LogP contribution >= 0.6 is 0 Å². The summed E-state index contributed by atoms with van der Waals surface area (Å²) in [6.45, 7) is 4.04. The first-order valence-corrected chi connectivity index (χ1v) is 15.9. The van der Waals surface area contributed by atoms with Crippen LogP contribution in [-0.2, 0) is 11.3 Å². The van der Waals surface area contributed by atoms with Crippen LogP contribution in [0.25, 0.3) is 11.0 Å². The number of hydrogen-bond donors (Lipinski definition) is 1. The van der Waals surface area contributed by atoms with Crippen LogP contribution in [0.3, 0.4) is 0 Å². The van der Waals surface area contributed by atoms with Crippen molar-refractivity contribution in [2.24, 2.45) is 0 Å². The minimum atomic E-state index is -0.125. The van der Waals surface area contributed by atoms with Gasteiger partial charge in [-0.1, -0.05) is 30.3 Å². The lowest BCUT2D eigenvalue weighted by atomic mass is 9.89. The summed E-state index contributed by atoms with van der Waals surface area (Å²) in [7, 11) is 4.11. The van der Waals surface area contributed by atoms with Gasteiger partial charge >= 0.3 is 0 Å². The quantitative estimate of drug-likeness (QED) is 0.211. The lowest BCUT2D eigenvalue weighted by molar-refractivity contribution is 0.0804. The number of fused-ring (bicyclic) bond motifs is 1. The molecule has 5 heterocycles. The number of likely N-dealkylation sites (tertiary alicyclic amines) is 1. The van der Waals surface area contributed by atoms with Crippen LogP contribution < -0.4 is 15.8 Å². The van der Waals surface area contributed by atoms with Crippen molar-refractivity contribution in [2.75, 3.05) is 50.6 Å². The Morgan fingerprint density at radius 3 is 2.47 bits per heavy atom. The molecule has 9 nitrogen and oxygen atoms in total. The molecular formula is C36H40N6O3. The highest BCUT2D eigenvalue weighted by atomic mass is 16.5. The first-order chi connectivity index (χ1) is 22.0. The molecule has 1 N–H and O–H groups in total. The van der Waals surface area contributed by atoms with Crippen molar-refractivity contribution < 1.29 is 9.15 Å². The number of anilines is 4. The number of rotatable bonds is 8. The molecule has 232 valence electrons. The van der Waals surface area contributed by atoms with Gasteiger partial charge in [0.2, 0.25) is 5.95 Å². The first kappa shape index (κ1) is 29.3. The topological polar surface area (TPSA) is 88.7 Å². The maximum Gasteiger partial charge on any atom is 0.276 e. The number of furan rings is 1. The maximum absolute atomic E-state index is 14.3. The van der Waals surface area contributed by atoms with E-state index < -0.39 is 0 Å². The highest BCUT2D eigenvalue weighted by Gasteiger charge is 2.24. The minimum Gasteiger partial charge on any atom is -0.469 e. The predicted octanol–water partition coefficient (Wildman–Crippen LogP) is 6.65. The molecule has 2 aromatic carbocycles. The fraction of sp³-hybridized carbons (Fsp3) is 0.361. The minimum absolute atomic E-state index is 0.125. The van der Waals surface area contributed by atoms with E-state index in [4.69, 9.17) is 14.1 Å². The van der Waals surface area contributed by atoms with Gasteiger partial charge in [-0.25, -0.2) is 4.98 Å². The van der Waals surface area contributed by atoms with Gasteiger partial charge in [0.05, 0.1) is 12.8 Å². The molecule has 7 rings (SSSR count). The van der Waals surface area contributed by atoms with E-state index in [1.54, 1.807) is 17.0 Å². The van der Waals surface area contributed by atoms with Crippen LogP contribution in [0.1, 0.15) is 54.4 Å². The van der Waals surface area contributed by atoms with E-state index in [0.29, 0.717) is 43.0 Å². The lowest BCUT2D eigenvalue weighted by Gasteiger charge is -2.29. The summed E-state index contributed by atoms with van der Waals surface area (Å²) in [5.74, 6) is 2.24. The molecule has 3 aromatic heterocycles. The zero-order valence-corrected chi connectivity index (χ0v) is 26.0. The summed E-state index contributed by atoms with van der Waals surface area (Å²) in [6.07, 6.45) is 7.69. The van der Waals surface area contributed by atoms with Crippen molar-refractivity contribution in [1.29, 1.82) is 0 Å². The van der Waals surface area contributed by atoms with E-state index in [-0.39, 0.29) is 11.5 Å². The number of nitrogens with one attached hydrogen (secondary N) is 1. The van der Waals surface area contributed by atoms with Gasteiger partial charge in [-0.15, -0.1) is 0 Å². The van der Waals surface area contributed by atoms with Gasteiger partial charge in [-0.05, 0) is 93.7 Å². The first-order valence-electron chi connectivity index (χ1n) is 15.9. The molecule has 2 aliphatic rings. The van der Waals surface area contributed by atoms with E-state index in [1.165, 1.54) is 18.4 Å². The van der Waals surface area contributed by atoms with Gasteiger partial charge < -0.3 is 24.3 Å². The molecule has 45 heavy (non-hydrogen) atoms. The predicted molar refractivity (Wildman–Crippen MR) is 178 cm³/mol. The van der Waals surface area contributed by atoms with Crippen LogP contribution in [0.4, 0.5) is 23.0 Å². The fourth-order valence-electron chi connectivity index (χ4n) is 6.66. The molecule has 0 spiro atoms. The highest BCUT2D eigenvalue weighted by Crippen LogP contribution is 2.32. The van der Waals surface area contributed by atoms with Gasteiger partial charge in [-0.2, -0.15) is 4.98 Å². The monoisotopic (exact) mass is 604 g/mol. The Morgan fingerprint density at radius 1 is 0.956 bits per heavy atom. The smallest absolute Gasteiger partial charge is 0.276 e. The number of benzene rings is 2. The van der Waals surface area contributed by atoms with Crippen molar-refractivity contribution in [3.05, 3.63) is 106 Å². The normalized spacial score (nSPS) is 16.7. The van der Waals surface area contributed by atoms with Gasteiger partial charge in [0, 0.05) is 54.7 Å². The third-order valence-corrected chi connectivity index (χ3v) is 9.37. The van der Waals surface area contributed by atoms with E-state index >= 15 is 0 Å². The Bertz CT molecular complexity index is 1800. The average Bonchev–Trinajstić information content (AvgIpc) is 3.55. The fourth-order valence-corrected chi connectivity index (χ4v) is 6.66. The third kappa shape index (κ3) is 6.23. The highest BCUT2D eigenvalue weighted by molar-refractivity contribution is 5.81. The molecule has 0 unspecified atom stereocenters. The molecular weight excluding hydrogens is 564 g/mol. The summed E-state index contributed by atoms with van der Waals surface area (Å²) < 4.78 is 13.4. The summed E-state index contributed by atoms with van der Waals surface area (Å²) in [5.41, 5.74) is 5.20. The summed E-state index contributed by atoms with van der Waals surface area (Å²) >= 11 is 0. The number of pyridine rings is 1.